The lowest BCUT2D eigenvalue weighted by Crippen LogP contribution is -2.26. The zero-order chi connectivity index (χ0) is 14.2. The van der Waals surface area contributed by atoms with Gasteiger partial charge in [0.25, 0.3) is 0 Å². The molecule has 2 atom stereocenters. The maximum Gasteiger partial charge on any atom is 0.434 e. The van der Waals surface area contributed by atoms with E-state index in [1.165, 1.54) is 0 Å². The molecule has 2 N–H and O–H groups in total. The summed E-state index contributed by atoms with van der Waals surface area (Å²) in [5.74, 6) is -2.76. The SMILES string of the molecule is O=C(O)[C@@H]1C[C@H]1C(=O)NCc1nc(C(F)(F)F)cs1. The summed E-state index contributed by atoms with van der Waals surface area (Å²) < 4.78 is 36.8. The number of nitrogens with zero attached hydrogens (tertiary/aromatic N) is 1. The fourth-order valence-electron chi connectivity index (χ4n) is 1.57. The van der Waals surface area contributed by atoms with Gasteiger partial charge in [0.2, 0.25) is 5.91 Å². The van der Waals surface area contributed by atoms with Crippen molar-refractivity contribution in [1.82, 2.24) is 10.3 Å². The minimum atomic E-state index is -4.50. The van der Waals surface area contributed by atoms with Crippen molar-refractivity contribution in [3.8, 4) is 0 Å². The molecule has 1 aliphatic carbocycles. The molecule has 1 aromatic heterocycles. The lowest BCUT2D eigenvalue weighted by molar-refractivity contribution is -0.141. The molecular formula is C10H9F3N2O3S. The number of aromatic nitrogens is 1. The molecule has 1 heterocycles. The molecule has 0 aliphatic heterocycles. The van der Waals surface area contributed by atoms with Gasteiger partial charge in [0.15, 0.2) is 5.69 Å². The predicted octanol–water partition coefficient (Wildman–Crippen LogP) is 1.50. The first-order valence-corrected chi connectivity index (χ1v) is 6.19. The van der Waals surface area contributed by atoms with E-state index in [1.54, 1.807) is 0 Å². The highest BCUT2D eigenvalue weighted by Gasteiger charge is 2.48. The molecule has 0 unspecified atom stereocenters. The standard InChI is InChI=1S/C10H9F3N2O3S/c11-10(12,13)6-3-19-7(15-6)2-14-8(16)4-1-5(4)9(17)18/h3-5H,1-2H2,(H,14,16)(H,17,18)/t4-,5-/m1/s1. The number of alkyl halides is 3. The van der Waals surface area contributed by atoms with E-state index in [0.29, 0.717) is 0 Å². The van der Waals surface area contributed by atoms with E-state index in [9.17, 15) is 22.8 Å². The molecule has 1 aliphatic rings. The summed E-state index contributed by atoms with van der Waals surface area (Å²) in [5.41, 5.74) is -0.989. The molecule has 1 amide bonds. The van der Waals surface area contributed by atoms with Gasteiger partial charge < -0.3 is 10.4 Å². The second-order valence-electron chi connectivity index (χ2n) is 4.13. The monoisotopic (exact) mass is 294 g/mol. The van der Waals surface area contributed by atoms with E-state index in [1.807, 2.05) is 0 Å². The predicted molar refractivity (Wildman–Crippen MR) is 58.2 cm³/mol. The summed E-state index contributed by atoms with van der Waals surface area (Å²) in [6, 6.07) is 0. The number of nitrogens with one attached hydrogen (secondary N) is 1. The molecule has 19 heavy (non-hydrogen) atoms. The van der Waals surface area contributed by atoms with E-state index in [4.69, 9.17) is 5.11 Å². The molecule has 1 aromatic rings. The number of carboxylic acid groups (broad SMARTS) is 1. The number of hydrogen-bond donors (Lipinski definition) is 2. The van der Waals surface area contributed by atoms with Crippen molar-refractivity contribution < 1.29 is 27.9 Å². The summed E-state index contributed by atoms with van der Waals surface area (Å²) in [6.45, 7) is -0.123. The second-order valence-corrected chi connectivity index (χ2v) is 5.07. The van der Waals surface area contributed by atoms with Crippen molar-refractivity contribution in [1.29, 1.82) is 0 Å². The number of carbonyl (C=O) groups is 2. The molecule has 0 saturated heterocycles. The Morgan fingerprint density at radius 2 is 2.16 bits per heavy atom. The topological polar surface area (TPSA) is 79.3 Å². The molecule has 104 valence electrons. The number of carboxylic acids is 1. The zero-order valence-electron chi connectivity index (χ0n) is 9.40. The van der Waals surface area contributed by atoms with Gasteiger partial charge in [-0.05, 0) is 6.42 Å². The van der Waals surface area contributed by atoms with Crippen LogP contribution < -0.4 is 5.32 Å². The number of halogens is 3. The smallest absolute Gasteiger partial charge is 0.434 e. The second kappa shape index (κ2) is 4.80. The number of amides is 1. The van der Waals surface area contributed by atoms with E-state index < -0.39 is 35.6 Å². The number of carbonyl (C=O) groups excluding carboxylic acids is 1. The van der Waals surface area contributed by atoms with E-state index >= 15 is 0 Å². The molecule has 9 heteroatoms. The van der Waals surface area contributed by atoms with E-state index in [0.717, 1.165) is 16.7 Å². The van der Waals surface area contributed by atoms with Gasteiger partial charge in [0, 0.05) is 5.38 Å². The third kappa shape index (κ3) is 3.22. The summed E-state index contributed by atoms with van der Waals surface area (Å²) in [7, 11) is 0. The van der Waals surface area contributed by atoms with Crippen LogP contribution >= 0.6 is 11.3 Å². The van der Waals surface area contributed by atoms with Crippen LogP contribution in [0.3, 0.4) is 0 Å². The molecular weight excluding hydrogens is 285 g/mol. The Balaban J connectivity index is 1.85. The Bertz CT molecular complexity index is 514. The molecule has 2 rings (SSSR count). The van der Waals surface area contributed by atoms with Gasteiger partial charge in [-0.1, -0.05) is 0 Å². The molecule has 0 aromatic carbocycles. The lowest BCUT2D eigenvalue weighted by Gasteiger charge is -2.02. The van der Waals surface area contributed by atoms with Crippen LogP contribution in [0, 0.1) is 11.8 Å². The molecule has 0 radical (unpaired) electrons. The quantitative estimate of drug-likeness (QED) is 0.882. The highest BCUT2D eigenvalue weighted by Crippen LogP contribution is 2.38. The highest BCUT2D eigenvalue weighted by molar-refractivity contribution is 7.09. The Kier molecular flexibility index (Phi) is 3.48. The first kappa shape index (κ1) is 13.8. The number of aliphatic carboxylic acids is 1. The fraction of sp³-hybridized carbons (Fsp3) is 0.500. The molecule has 0 bridgehead atoms. The van der Waals surface area contributed by atoms with Gasteiger partial charge in [-0.25, -0.2) is 4.98 Å². The van der Waals surface area contributed by atoms with Crippen LogP contribution in [0.5, 0.6) is 0 Å². The van der Waals surface area contributed by atoms with Crippen molar-refractivity contribution in [2.24, 2.45) is 11.8 Å². The van der Waals surface area contributed by atoms with Crippen molar-refractivity contribution in [3.63, 3.8) is 0 Å². The summed E-state index contributed by atoms with van der Waals surface area (Å²) in [6.07, 6.45) is -4.23. The van der Waals surface area contributed by atoms with Crippen molar-refractivity contribution in [2.45, 2.75) is 19.1 Å². The zero-order valence-corrected chi connectivity index (χ0v) is 10.2. The Morgan fingerprint density at radius 1 is 1.47 bits per heavy atom. The van der Waals surface area contributed by atoms with Crippen LogP contribution in [0.1, 0.15) is 17.1 Å². The van der Waals surface area contributed by atoms with Gasteiger partial charge in [-0.2, -0.15) is 13.2 Å². The lowest BCUT2D eigenvalue weighted by atomic mass is 10.3. The number of thiazole rings is 1. The number of hydrogen-bond acceptors (Lipinski definition) is 4. The molecule has 1 fully saturated rings. The molecule has 5 nitrogen and oxygen atoms in total. The fourth-order valence-corrected chi connectivity index (χ4v) is 2.31. The first-order chi connectivity index (χ1) is 8.79. The first-order valence-electron chi connectivity index (χ1n) is 5.31. The third-order valence-corrected chi connectivity index (χ3v) is 3.55. The van der Waals surface area contributed by atoms with E-state index in [2.05, 4.69) is 10.3 Å². The highest BCUT2D eigenvalue weighted by atomic mass is 32.1. The summed E-state index contributed by atoms with van der Waals surface area (Å²) in [5, 5.41) is 12.0. The Labute approximate surface area is 109 Å². The van der Waals surface area contributed by atoms with Crippen molar-refractivity contribution in [3.05, 3.63) is 16.1 Å². The summed E-state index contributed by atoms with van der Waals surface area (Å²) >= 11 is 0.795. The maximum atomic E-state index is 12.3. The minimum Gasteiger partial charge on any atom is -0.481 e. The van der Waals surface area contributed by atoms with Crippen LogP contribution in [0.25, 0.3) is 0 Å². The summed E-state index contributed by atoms with van der Waals surface area (Å²) in [4.78, 5) is 25.4. The van der Waals surface area contributed by atoms with Gasteiger partial charge in [0.1, 0.15) is 5.01 Å². The maximum absolute atomic E-state index is 12.3. The average molecular weight is 294 g/mol. The average Bonchev–Trinajstić information content (AvgIpc) is 2.96. The molecule has 1 saturated carbocycles. The van der Waals surface area contributed by atoms with Crippen LogP contribution in [0.4, 0.5) is 13.2 Å². The Hall–Kier alpha value is -1.64. The van der Waals surface area contributed by atoms with Gasteiger partial charge in [0.05, 0.1) is 18.4 Å². The van der Waals surface area contributed by atoms with Crippen molar-refractivity contribution >= 4 is 23.2 Å². The number of rotatable bonds is 4. The van der Waals surface area contributed by atoms with Gasteiger partial charge >= 0.3 is 12.1 Å². The minimum absolute atomic E-state index is 0.123. The van der Waals surface area contributed by atoms with Crippen LogP contribution in [-0.4, -0.2) is 22.0 Å². The largest absolute Gasteiger partial charge is 0.481 e. The van der Waals surface area contributed by atoms with E-state index in [-0.39, 0.29) is 18.0 Å². The molecule has 0 spiro atoms. The van der Waals surface area contributed by atoms with Gasteiger partial charge in [-0.3, -0.25) is 9.59 Å². The van der Waals surface area contributed by atoms with Crippen LogP contribution in [-0.2, 0) is 22.3 Å². The van der Waals surface area contributed by atoms with Crippen molar-refractivity contribution in [2.75, 3.05) is 0 Å². The van der Waals surface area contributed by atoms with Crippen LogP contribution in [0.2, 0.25) is 0 Å². The van der Waals surface area contributed by atoms with Gasteiger partial charge in [-0.15, -0.1) is 11.3 Å². The normalized spacial score (nSPS) is 22.1. The Morgan fingerprint density at radius 3 is 2.63 bits per heavy atom. The van der Waals surface area contributed by atoms with Crippen LogP contribution in [0.15, 0.2) is 5.38 Å². The third-order valence-electron chi connectivity index (χ3n) is 2.70.